The number of ether oxygens (including phenoxy) is 2. The molecule has 1 aliphatic heterocycles. The number of rotatable bonds is 7. The maximum absolute atomic E-state index is 10.3. The summed E-state index contributed by atoms with van der Waals surface area (Å²) in [7, 11) is 5.59. The molecule has 0 amide bonds. The van der Waals surface area contributed by atoms with E-state index in [0.717, 1.165) is 23.5 Å². The molecule has 2 N–H and O–H groups in total. The highest BCUT2D eigenvalue weighted by atomic mass is 16.5. The number of nitrogens with zero attached hydrogens (tertiary/aromatic N) is 1. The van der Waals surface area contributed by atoms with Crippen molar-refractivity contribution in [1.29, 1.82) is 0 Å². The van der Waals surface area contributed by atoms with E-state index in [1.807, 2.05) is 38.1 Å². The Bertz CT molecular complexity index is 515. The molecule has 0 fully saturated rings. The quantitative estimate of drug-likeness (QED) is 0.798. The third kappa shape index (κ3) is 4.35. The fourth-order valence-corrected chi connectivity index (χ4v) is 3.03. The van der Waals surface area contributed by atoms with Crippen molar-refractivity contribution >= 4 is 0 Å². The number of likely N-dealkylation sites (N-methyl/N-ethyl adjacent to an activating group) is 1. The second-order valence-corrected chi connectivity index (χ2v) is 6.75. The Labute approximate surface area is 133 Å². The maximum atomic E-state index is 10.3. The fourth-order valence-electron chi connectivity index (χ4n) is 3.03. The van der Waals surface area contributed by atoms with E-state index in [9.17, 15) is 5.11 Å². The maximum Gasteiger partial charge on any atom is 0.127 e. The third-order valence-corrected chi connectivity index (χ3v) is 3.76. The highest BCUT2D eigenvalue weighted by Gasteiger charge is 2.24. The van der Waals surface area contributed by atoms with Crippen LogP contribution in [0.1, 0.15) is 25.0 Å². The zero-order chi connectivity index (χ0) is 16.3. The van der Waals surface area contributed by atoms with Gasteiger partial charge in [-0.25, -0.2) is 0 Å². The Balaban J connectivity index is 2.03. The summed E-state index contributed by atoms with van der Waals surface area (Å²) in [5.74, 6) is 1.82. The number of methoxy groups -OCH3 is 1. The van der Waals surface area contributed by atoms with E-state index in [-0.39, 0.29) is 6.10 Å². The van der Waals surface area contributed by atoms with Crippen molar-refractivity contribution in [3.8, 4) is 11.5 Å². The molecule has 5 nitrogen and oxygen atoms in total. The molecule has 0 saturated heterocycles. The molecule has 2 rings (SSSR count). The smallest absolute Gasteiger partial charge is 0.127 e. The van der Waals surface area contributed by atoms with Crippen LogP contribution in [0.15, 0.2) is 12.1 Å². The molecule has 2 unspecified atom stereocenters. The SMILES string of the molecule is COc1cc(CNCC(C)(O)CN(C)C)c2c(c1)CC(C)O2. The molecule has 0 aliphatic carbocycles. The predicted molar refractivity (Wildman–Crippen MR) is 87.7 cm³/mol. The van der Waals surface area contributed by atoms with Crippen molar-refractivity contribution in [1.82, 2.24) is 10.2 Å². The molecule has 1 aromatic carbocycles. The Kier molecular flexibility index (Phi) is 5.32. The lowest BCUT2D eigenvalue weighted by molar-refractivity contribution is 0.0335. The van der Waals surface area contributed by atoms with Gasteiger partial charge in [0, 0.05) is 37.2 Å². The predicted octanol–water partition coefficient (Wildman–Crippen LogP) is 1.42. The molecule has 5 heteroatoms. The molecule has 0 bridgehead atoms. The zero-order valence-corrected chi connectivity index (χ0v) is 14.3. The minimum atomic E-state index is -0.764. The summed E-state index contributed by atoms with van der Waals surface area (Å²) < 4.78 is 11.3. The first-order chi connectivity index (χ1) is 10.3. The molecule has 124 valence electrons. The Morgan fingerprint density at radius 3 is 2.82 bits per heavy atom. The average molecular weight is 308 g/mol. The summed E-state index contributed by atoms with van der Waals surface area (Å²) in [6.07, 6.45) is 1.12. The topological polar surface area (TPSA) is 54.0 Å². The molecule has 2 atom stereocenters. The molecule has 0 spiro atoms. The fraction of sp³-hybridized carbons (Fsp3) is 0.647. The van der Waals surface area contributed by atoms with Gasteiger partial charge in [-0.3, -0.25) is 0 Å². The summed E-state index contributed by atoms with van der Waals surface area (Å²) in [6, 6.07) is 4.05. The molecule has 1 aliphatic rings. The first-order valence-electron chi connectivity index (χ1n) is 7.75. The molecule has 0 saturated carbocycles. The lowest BCUT2D eigenvalue weighted by atomic mass is 10.0. The third-order valence-electron chi connectivity index (χ3n) is 3.76. The summed E-state index contributed by atoms with van der Waals surface area (Å²) >= 11 is 0. The highest BCUT2D eigenvalue weighted by Crippen LogP contribution is 2.36. The minimum absolute atomic E-state index is 0.206. The van der Waals surface area contributed by atoms with Crippen LogP contribution in [0.4, 0.5) is 0 Å². The van der Waals surface area contributed by atoms with Gasteiger partial charge in [-0.1, -0.05) is 0 Å². The molecular formula is C17H28N2O3. The second-order valence-electron chi connectivity index (χ2n) is 6.75. The monoisotopic (exact) mass is 308 g/mol. The van der Waals surface area contributed by atoms with Crippen LogP contribution >= 0.6 is 0 Å². The van der Waals surface area contributed by atoms with Gasteiger partial charge >= 0.3 is 0 Å². The van der Waals surface area contributed by atoms with Crippen LogP contribution in [-0.2, 0) is 13.0 Å². The Hall–Kier alpha value is -1.30. The number of fused-ring (bicyclic) bond motifs is 1. The van der Waals surface area contributed by atoms with Gasteiger partial charge in [0.1, 0.15) is 17.6 Å². The van der Waals surface area contributed by atoms with Crippen molar-refractivity contribution in [2.24, 2.45) is 0 Å². The number of nitrogens with one attached hydrogen (secondary N) is 1. The lowest BCUT2D eigenvalue weighted by Gasteiger charge is -2.27. The van der Waals surface area contributed by atoms with Crippen molar-refractivity contribution in [2.45, 2.75) is 38.5 Å². The van der Waals surface area contributed by atoms with Gasteiger partial charge in [-0.05, 0) is 40.1 Å². The summed E-state index contributed by atoms with van der Waals surface area (Å²) in [5.41, 5.74) is 1.52. The molecule has 1 aromatic rings. The van der Waals surface area contributed by atoms with E-state index in [0.29, 0.717) is 19.6 Å². The van der Waals surface area contributed by atoms with Crippen molar-refractivity contribution in [3.05, 3.63) is 23.3 Å². The molecule has 22 heavy (non-hydrogen) atoms. The van der Waals surface area contributed by atoms with Crippen LogP contribution in [0, 0.1) is 0 Å². The minimum Gasteiger partial charge on any atom is -0.497 e. The number of aliphatic hydroxyl groups is 1. The van der Waals surface area contributed by atoms with Crippen LogP contribution in [0.2, 0.25) is 0 Å². The van der Waals surface area contributed by atoms with Crippen molar-refractivity contribution in [3.63, 3.8) is 0 Å². The number of hydrogen-bond acceptors (Lipinski definition) is 5. The van der Waals surface area contributed by atoms with E-state index in [2.05, 4.69) is 12.2 Å². The molecule has 0 aromatic heterocycles. The van der Waals surface area contributed by atoms with E-state index < -0.39 is 5.60 Å². The molecular weight excluding hydrogens is 280 g/mol. The summed E-state index contributed by atoms with van der Waals surface area (Å²) in [4.78, 5) is 1.98. The van der Waals surface area contributed by atoms with Gasteiger partial charge in [-0.2, -0.15) is 0 Å². The van der Waals surface area contributed by atoms with E-state index in [1.54, 1.807) is 7.11 Å². The van der Waals surface area contributed by atoms with Gasteiger partial charge < -0.3 is 24.8 Å². The van der Waals surface area contributed by atoms with Gasteiger partial charge in [0.15, 0.2) is 0 Å². The van der Waals surface area contributed by atoms with Crippen molar-refractivity contribution in [2.75, 3.05) is 34.3 Å². The first-order valence-corrected chi connectivity index (χ1v) is 7.75. The normalized spacial score (nSPS) is 19.7. The van der Waals surface area contributed by atoms with Crippen molar-refractivity contribution < 1.29 is 14.6 Å². The lowest BCUT2D eigenvalue weighted by Crippen LogP contribution is -2.45. The first kappa shape index (κ1) is 17.1. The number of benzene rings is 1. The van der Waals surface area contributed by atoms with Crippen LogP contribution in [0.25, 0.3) is 0 Å². The summed E-state index contributed by atoms with van der Waals surface area (Å²) in [5, 5.41) is 13.7. The Morgan fingerprint density at radius 2 is 2.18 bits per heavy atom. The van der Waals surface area contributed by atoms with E-state index >= 15 is 0 Å². The van der Waals surface area contributed by atoms with Crippen LogP contribution < -0.4 is 14.8 Å². The van der Waals surface area contributed by atoms with Gasteiger partial charge in [0.2, 0.25) is 0 Å². The highest BCUT2D eigenvalue weighted by molar-refractivity contribution is 5.49. The standard InChI is InChI=1S/C17H28N2O3/c1-12-6-13-7-15(21-5)8-14(16(13)22-12)9-18-10-17(2,20)11-19(3)4/h7-8,12,18,20H,6,9-11H2,1-5H3. The van der Waals surface area contributed by atoms with Gasteiger partial charge in [0.25, 0.3) is 0 Å². The average Bonchev–Trinajstić information content (AvgIpc) is 2.77. The molecule has 0 radical (unpaired) electrons. The largest absolute Gasteiger partial charge is 0.497 e. The van der Waals surface area contributed by atoms with Gasteiger partial charge in [0.05, 0.1) is 12.7 Å². The Morgan fingerprint density at radius 1 is 1.45 bits per heavy atom. The number of hydrogen-bond donors (Lipinski definition) is 2. The van der Waals surface area contributed by atoms with E-state index in [4.69, 9.17) is 9.47 Å². The van der Waals surface area contributed by atoms with Gasteiger partial charge in [-0.15, -0.1) is 0 Å². The van der Waals surface area contributed by atoms with E-state index in [1.165, 1.54) is 5.56 Å². The van der Waals surface area contributed by atoms with Crippen LogP contribution in [0.5, 0.6) is 11.5 Å². The van der Waals surface area contributed by atoms with Crippen LogP contribution in [0.3, 0.4) is 0 Å². The molecule has 1 heterocycles. The second kappa shape index (κ2) is 6.86. The summed E-state index contributed by atoms with van der Waals surface area (Å²) in [6.45, 7) is 5.70. The zero-order valence-electron chi connectivity index (χ0n) is 14.3. The van der Waals surface area contributed by atoms with Crippen LogP contribution in [-0.4, -0.2) is 56.0 Å².